The lowest BCUT2D eigenvalue weighted by Crippen LogP contribution is -2.11. The average molecular weight is 283 g/mol. The van der Waals surface area contributed by atoms with Crippen molar-refractivity contribution in [3.05, 3.63) is 47.9 Å². The van der Waals surface area contributed by atoms with Crippen molar-refractivity contribution in [3.8, 4) is 17.7 Å². The Morgan fingerprint density at radius 3 is 2.48 bits per heavy atom. The van der Waals surface area contributed by atoms with E-state index in [-0.39, 0.29) is 17.7 Å². The molecule has 0 bridgehead atoms. The van der Waals surface area contributed by atoms with Crippen LogP contribution in [0.5, 0.6) is 11.6 Å². The number of aromatic nitrogens is 2. The van der Waals surface area contributed by atoms with Crippen LogP contribution < -0.4 is 4.74 Å². The number of hydrogen-bond acceptors (Lipinski definition) is 6. The molecule has 1 aromatic heterocycles. The minimum Gasteiger partial charge on any atom is -0.459 e. The van der Waals surface area contributed by atoms with Crippen molar-refractivity contribution < 1.29 is 14.3 Å². The number of nitriles is 1. The molecule has 1 heterocycles. The zero-order valence-electron chi connectivity index (χ0n) is 11.6. The topological polar surface area (TPSA) is 85.1 Å². The standard InChI is InChI=1S/C15H13N3O3/c1-10(2)20-15(19)11-3-5-12(6-4-11)21-14-13(9-16)17-7-8-18-14/h3-8,10H,1-2H3. The molecule has 0 fully saturated rings. The van der Waals surface area contributed by atoms with Gasteiger partial charge in [0.05, 0.1) is 11.7 Å². The fourth-order valence-corrected chi connectivity index (χ4v) is 1.53. The molecule has 1 aromatic carbocycles. The highest BCUT2D eigenvalue weighted by molar-refractivity contribution is 5.89. The fourth-order valence-electron chi connectivity index (χ4n) is 1.53. The molecule has 0 atom stereocenters. The number of benzene rings is 1. The normalized spacial score (nSPS) is 10.0. The van der Waals surface area contributed by atoms with Crippen LogP contribution in [0.25, 0.3) is 0 Å². The van der Waals surface area contributed by atoms with Gasteiger partial charge in [0, 0.05) is 12.4 Å². The van der Waals surface area contributed by atoms with Gasteiger partial charge in [-0.05, 0) is 38.1 Å². The number of esters is 1. The third kappa shape index (κ3) is 3.76. The van der Waals surface area contributed by atoms with Crippen LogP contribution >= 0.6 is 0 Å². The number of carbonyl (C=O) groups is 1. The summed E-state index contributed by atoms with van der Waals surface area (Å²) in [5.41, 5.74) is 0.525. The molecule has 2 rings (SSSR count). The lowest BCUT2D eigenvalue weighted by molar-refractivity contribution is 0.0378. The third-order valence-electron chi connectivity index (χ3n) is 2.42. The molecule has 0 aliphatic carbocycles. The number of rotatable bonds is 4. The Bertz CT molecular complexity index is 675. The van der Waals surface area contributed by atoms with E-state index >= 15 is 0 Å². The number of hydrogen-bond donors (Lipinski definition) is 0. The summed E-state index contributed by atoms with van der Waals surface area (Å²) in [6, 6.07) is 8.27. The first-order valence-corrected chi connectivity index (χ1v) is 6.30. The van der Waals surface area contributed by atoms with E-state index in [9.17, 15) is 4.79 Å². The lowest BCUT2D eigenvalue weighted by atomic mass is 10.2. The van der Waals surface area contributed by atoms with Crippen LogP contribution in [0.2, 0.25) is 0 Å². The van der Waals surface area contributed by atoms with E-state index in [1.165, 1.54) is 12.4 Å². The second kappa shape index (κ2) is 6.48. The zero-order chi connectivity index (χ0) is 15.2. The predicted molar refractivity (Wildman–Crippen MR) is 73.8 cm³/mol. The summed E-state index contributed by atoms with van der Waals surface area (Å²) < 4.78 is 10.6. The van der Waals surface area contributed by atoms with E-state index in [1.807, 2.05) is 6.07 Å². The Balaban J connectivity index is 2.13. The molecule has 0 unspecified atom stereocenters. The van der Waals surface area contributed by atoms with Gasteiger partial charge >= 0.3 is 5.97 Å². The molecular weight excluding hydrogens is 270 g/mol. The smallest absolute Gasteiger partial charge is 0.338 e. The minimum atomic E-state index is -0.395. The van der Waals surface area contributed by atoms with Gasteiger partial charge in [0.15, 0.2) is 0 Å². The molecular formula is C15H13N3O3. The molecule has 2 aromatic rings. The van der Waals surface area contributed by atoms with Crippen LogP contribution in [0.3, 0.4) is 0 Å². The fraction of sp³-hybridized carbons (Fsp3) is 0.200. The quantitative estimate of drug-likeness (QED) is 0.802. The molecule has 6 heteroatoms. The van der Waals surface area contributed by atoms with Crippen molar-refractivity contribution in [2.45, 2.75) is 20.0 Å². The molecule has 0 radical (unpaired) electrons. The van der Waals surface area contributed by atoms with E-state index < -0.39 is 5.97 Å². The van der Waals surface area contributed by atoms with Gasteiger partial charge in [0.1, 0.15) is 11.8 Å². The maximum absolute atomic E-state index is 11.7. The van der Waals surface area contributed by atoms with E-state index in [0.717, 1.165) is 0 Å². The molecule has 0 N–H and O–H groups in total. The number of carbonyl (C=O) groups excluding carboxylic acids is 1. The Kier molecular flexibility index (Phi) is 4.46. The number of nitrogens with zero attached hydrogens (tertiary/aromatic N) is 3. The van der Waals surface area contributed by atoms with Crippen LogP contribution in [0.15, 0.2) is 36.7 Å². The van der Waals surface area contributed by atoms with E-state index in [2.05, 4.69) is 9.97 Å². The first kappa shape index (κ1) is 14.5. The van der Waals surface area contributed by atoms with Crippen LogP contribution in [0.1, 0.15) is 29.9 Å². The van der Waals surface area contributed by atoms with Gasteiger partial charge in [0.25, 0.3) is 5.88 Å². The van der Waals surface area contributed by atoms with Crippen LogP contribution in [-0.2, 0) is 4.74 Å². The summed E-state index contributed by atoms with van der Waals surface area (Å²) in [5.74, 6) is 0.180. The zero-order valence-corrected chi connectivity index (χ0v) is 11.6. The summed E-state index contributed by atoms with van der Waals surface area (Å²) in [6.45, 7) is 3.57. The molecule has 0 saturated carbocycles. The second-order valence-corrected chi connectivity index (χ2v) is 4.40. The average Bonchev–Trinajstić information content (AvgIpc) is 2.48. The third-order valence-corrected chi connectivity index (χ3v) is 2.42. The van der Waals surface area contributed by atoms with Crippen molar-refractivity contribution in [2.75, 3.05) is 0 Å². The summed E-state index contributed by atoms with van der Waals surface area (Å²) in [7, 11) is 0. The highest BCUT2D eigenvalue weighted by atomic mass is 16.5. The van der Waals surface area contributed by atoms with Gasteiger partial charge in [-0.1, -0.05) is 0 Å². The Morgan fingerprint density at radius 1 is 1.19 bits per heavy atom. The maximum Gasteiger partial charge on any atom is 0.338 e. The molecule has 0 saturated heterocycles. The Hall–Kier alpha value is -2.94. The van der Waals surface area contributed by atoms with Gasteiger partial charge < -0.3 is 9.47 Å². The van der Waals surface area contributed by atoms with E-state index in [4.69, 9.17) is 14.7 Å². The molecule has 0 spiro atoms. The van der Waals surface area contributed by atoms with Gasteiger partial charge in [-0.3, -0.25) is 0 Å². The SMILES string of the molecule is CC(C)OC(=O)c1ccc(Oc2nccnc2C#N)cc1. The van der Waals surface area contributed by atoms with Crippen LogP contribution in [0, 0.1) is 11.3 Å². The van der Waals surface area contributed by atoms with Crippen molar-refractivity contribution in [2.24, 2.45) is 0 Å². The van der Waals surface area contributed by atoms with Crippen molar-refractivity contribution in [1.29, 1.82) is 5.26 Å². The van der Waals surface area contributed by atoms with Crippen LogP contribution in [-0.4, -0.2) is 22.0 Å². The van der Waals surface area contributed by atoms with Gasteiger partial charge in [-0.2, -0.15) is 5.26 Å². The maximum atomic E-state index is 11.7. The Morgan fingerprint density at radius 2 is 1.86 bits per heavy atom. The highest BCUT2D eigenvalue weighted by Crippen LogP contribution is 2.21. The summed E-state index contributed by atoms with van der Waals surface area (Å²) in [4.78, 5) is 19.5. The van der Waals surface area contributed by atoms with E-state index in [1.54, 1.807) is 38.1 Å². The molecule has 6 nitrogen and oxygen atoms in total. The van der Waals surface area contributed by atoms with Gasteiger partial charge in [0.2, 0.25) is 5.69 Å². The van der Waals surface area contributed by atoms with Crippen LogP contribution in [0.4, 0.5) is 0 Å². The number of ether oxygens (including phenoxy) is 2. The van der Waals surface area contributed by atoms with Crippen molar-refractivity contribution in [1.82, 2.24) is 9.97 Å². The Labute approximate surface area is 122 Å². The largest absolute Gasteiger partial charge is 0.459 e. The van der Waals surface area contributed by atoms with Gasteiger partial charge in [-0.15, -0.1) is 0 Å². The summed E-state index contributed by atoms with van der Waals surface area (Å²) in [6.07, 6.45) is 2.67. The van der Waals surface area contributed by atoms with E-state index in [0.29, 0.717) is 11.3 Å². The molecule has 21 heavy (non-hydrogen) atoms. The van der Waals surface area contributed by atoms with Crippen molar-refractivity contribution >= 4 is 5.97 Å². The lowest BCUT2D eigenvalue weighted by Gasteiger charge is -2.09. The molecule has 0 amide bonds. The first-order valence-electron chi connectivity index (χ1n) is 6.30. The van der Waals surface area contributed by atoms with Gasteiger partial charge in [-0.25, -0.2) is 14.8 Å². The summed E-state index contributed by atoms with van der Waals surface area (Å²) in [5, 5.41) is 8.90. The van der Waals surface area contributed by atoms with Crippen molar-refractivity contribution in [3.63, 3.8) is 0 Å². The minimum absolute atomic E-state index is 0.0980. The highest BCUT2D eigenvalue weighted by Gasteiger charge is 2.10. The predicted octanol–water partition coefficient (Wildman–Crippen LogP) is 2.71. The molecule has 0 aliphatic rings. The first-order chi connectivity index (χ1) is 10.1. The molecule has 106 valence electrons. The monoisotopic (exact) mass is 283 g/mol. The summed E-state index contributed by atoms with van der Waals surface area (Å²) >= 11 is 0. The second-order valence-electron chi connectivity index (χ2n) is 4.40. The molecule has 0 aliphatic heterocycles.